The SMILES string of the molecule is CCOc1ccc(C(O)=C2C(=O)C(=O)N(Cc3cccnc3)[C@@H]2c2ccc(OC)cc2)cc1C. The first kappa shape index (κ1) is 23.0. The average Bonchev–Trinajstić information content (AvgIpc) is 3.10. The first-order valence-corrected chi connectivity index (χ1v) is 11.0. The number of nitrogens with zero attached hydrogens (tertiary/aromatic N) is 2. The van der Waals surface area contributed by atoms with Gasteiger partial charge in [-0.25, -0.2) is 0 Å². The number of ketones is 1. The van der Waals surface area contributed by atoms with Crippen molar-refractivity contribution < 1.29 is 24.2 Å². The van der Waals surface area contributed by atoms with E-state index in [1.165, 1.54) is 4.90 Å². The number of rotatable bonds is 7. The summed E-state index contributed by atoms with van der Waals surface area (Å²) in [4.78, 5) is 31.9. The second-order valence-corrected chi connectivity index (χ2v) is 7.97. The highest BCUT2D eigenvalue weighted by atomic mass is 16.5. The van der Waals surface area contributed by atoms with Gasteiger partial charge < -0.3 is 19.5 Å². The largest absolute Gasteiger partial charge is 0.507 e. The molecule has 1 aliphatic rings. The van der Waals surface area contributed by atoms with Crippen molar-refractivity contribution in [1.29, 1.82) is 0 Å². The number of hydrogen-bond donors (Lipinski definition) is 1. The number of pyridine rings is 1. The van der Waals surface area contributed by atoms with Crippen LogP contribution in [0.15, 0.2) is 72.6 Å². The number of aryl methyl sites for hydroxylation is 1. The van der Waals surface area contributed by atoms with E-state index in [1.54, 1.807) is 68.0 Å². The fourth-order valence-corrected chi connectivity index (χ4v) is 4.13. The highest BCUT2D eigenvalue weighted by molar-refractivity contribution is 6.46. The minimum Gasteiger partial charge on any atom is -0.507 e. The predicted octanol–water partition coefficient (Wildman–Crippen LogP) is 4.42. The van der Waals surface area contributed by atoms with Gasteiger partial charge in [-0.15, -0.1) is 0 Å². The van der Waals surface area contributed by atoms with Crippen molar-refractivity contribution in [3.05, 3.63) is 94.8 Å². The van der Waals surface area contributed by atoms with Crippen molar-refractivity contribution in [2.75, 3.05) is 13.7 Å². The third-order valence-electron chi connectivity index (χ3n) is 5.80. The molecule has 3 aromatic rings. The van der Waals surface area contributed by atoms with E-state index in [0.717, 1.165) is 11.1 Å². The molecule has 1 amide bonds. The molecule has 7 nitrogen and oxygen atoms in total. The van der Waals surface area contributed by atoms with Gasteiger partial charge in [-0.2, -0.15) is 0 Å². The Kier molecular flexibility index (Phi) is 6.63. The number of ether oxygens (including phenoxy) is 2. The van der Waals surface area contributed by atoms with Crippen molar-refractivity contribution in [2.45, 2.75) is 26.4 Å². The lowest BCUT2D eigenvalue weighted by atomic mass is 9.94. The molecule has 34 heavy (non-hydrogen) atoms. The van der Waals surface area contributed by atoms with Crippen molar-refractivity contribution in [1.82, 2.24) is 9.88 Å². The van der Waals surface area contributed by atoms with Gasteiger partial charge in [0.2, 0.25) is 0 Å². The summed E-state index contributed by atoms with van der Waals surface area (Å²) in [6.07, 6.45) is 3.30. The molecule has 0 aliphatic carbocycles. The Hall–Kier alpha value is -4.13. The summed E-state index contributed by atoms with van der Waals surface area (Å²) in [6.45, 7) is 4.45. The molecule has 1 atom stereocenters. The summed E-state index contributed by atoms with van der Waals surface area (Å²) < 4.78 is 10.8. The van der Waals surface area contributed by atoms with Crippen LogP contribution in [-0.2, 0) is 16.1 Å². The number of likely N-dealkylation sites (tertiary alicyclic amines) is 1. The maximum atomic E-state index is 13.2. The van der Waals surface area contributed by atoms with Crippen LogP contribution in [0.5, 0.6) is 11.5 Å². The number of aliphatic hydroxyl groups is 1. The fraction of sp³-hybridized carbons (Fsp3) is 0.222. The van der Waals surface area contributed by atoms with Gasteiger partial charge in [0.1, 0.15) is 17.3 Å². The summed E-state index contributed by atoms with van der Waals surface area (Å²) in [6, 6.07) is 15.2. The molecule has 2 heterocycles. The molecule has 2 aromatic carbocycles. The molecule has 1 fully saturated rings. The van der Waals surface area contributed by atoms with Gasteiger partial charge >= 0.3 is 0 Å². The van der Waals surface area contributed by atoms with E-state index in [2.05, 4.69) is 4.98 Å². The molecule has 1 saturated heterocycles. The molecular weight excluding hydrogens is 432 g/mol. The van der Waals surface area contributed by atoms with Gasteiger partial charge in [-0.05, 0) is 66.9 Å². The Morgan fingerprint density at radius 3 is 2.50 bits per heavy atom. The van der Waals surface area contributed by atoms with Gasteiger partial charge in [0.05, 0.1) is 25.3 Å². The van der Waals surface area contributed by atoms with Crippen LogP contribution in [0.25, 0.3) is 5.76 Å². The van der Waals surface area contributed by atoms with Crippen molar-refractivity contribution in [3.8, 4) is 11.5 Å². The van der Waals surface area contributed by atoms with Crippen LogP contribution in [0, 0.1) is 6.92 Å². The van der Waals surface area contributed by atoms with Gasteiger partial charge in [0.15, 0.2) is 0 Å². The first-order chi connectivity index (χ1) is 16.4. The zero-order valence-corrected chi connectivity index (χ0v) is 19.3. The lowest BCUT2D eigenvalue weighted by Crippen LogP contribution is -2.29. The summed E-state index contributed by atoms with van der Waals surface area (Å²) in [7, 11) is 1.57. The normalized spacial score (nSPS) is 17.1. The topological polar surface area (TPSA) is 89.0 Å². The quantitative estimate of drug-likeness (QED) is 0.320. The van der Waals surface area contributed by atoms with Crippen molar-refractivity contribution in [3.63, 3.8) is 0 Å². The molecular formula is C27H26N2O5. The molecule has 0 bridgehead atoms. The second kappa shape index (κ2) is 9.79. The number of carbonyl (C=O) groups is 2. The van der Waals surface area contributed by atoms with Gasteiger partial charge in [-0.1, -0.05) is 18.2 Å². The number of amides is 1. The lowest BCUT2D eigenvalue weighted by molar-refractivity contribution is -0.140. The third kappa shape index (κ3) is 4.37. The molecule has 0 saturated carbocycles. The monoisotopic (exact) mass is 458 g/mol. The van der Waals surface area contributed by atoms with Crippen molar-refractivity contribution in [2.24, 2.45) is 0 Å². The van der Waals surface area contributed by atoms with Crippen LogP contribution in [0.3, 0.4) is 0 Å². The molecule has 4 rings (SSSR count). The number of aromatic nitrogens is 1. The molecule has 7 heteroatoms. The number of benzene rings is 2. The molecule has 0 spiro atoms. The van der Waals surface area contributed by atoms with E-state index in [4.69, 9.17) is 9.47 Å². The Bertz CT molecular complexity index is 1240. The minimum absolute atomic E-state index is 0.0441. The van der Waals surface area contributed by atoms with Crippen LogP contribution >= 0.6 is 0 Å². The Morgan fingerprint density at radius 2 is 1.88 bits per heavy atom. The highest BCUT2D eigenvalue weighted by Crippen LogP contribution is 2.41. The fourth-order valence-electron chi connectivity index (χ4n) is 4.13. The third-order valence-corrected chi connectivity index (χ3v) is 5.80. The van der Waals surface area contributed by atoms with Crippen LogP contribution in [-0.4, -0.2) is 40.4 Å². The Morgan fingerprint density at radius 1 is 1.12 bits per heavy atom. The first-order valence-electron chi connectivity index (χ1n) is 11.0. The Labute approximate surface area is 198 Å². The van der Waals surface area contributed by atoms with Gasteiger partial charge in [0.25, 0.3) is 11.7 Å². The molecule has 174 valence electrons. The smallest absolute Gasteiger partial charge is 0.295 e. The zero-order chi connectivity index (χ0) is 24.2. The molecule has 1 aliphatic heterocycles. The number of methoxy groups -OCH3 is 1. The van der Waals surface area contributed by atoms with E-state index in [0.29, 0.717) is 29.2 Å². The van der Waals surface area contributed by atoms with Gasteiger partial charge in [0, 0.05) is 24.5 Å². The van der Waals surface area contributed by atoms with E-state index < -0.39 is 17.7 Å². The minimum atomic E-state index is -0.766. The summed E-state index contributed by atoms with van der Waals surface area (Å²) in [5.74, 6) is -0.278. The van der Waals surface area contributed by atoms with Crippen LogP contribution in [0.1, 0.15) is 35.2 Å². The van der Waals surface area contributed by atoms with Crippen LogP contribution in [0.2, 0.25) is 0 Å². The zero-order valence-electron chi connectivity index (χ0n) is 19.3. The van der Waals surface area contributed by atoms with Crippen molar-refractivity contribution >= 4 is 17.4 Å². The number of Topliss-reactive ketones (excluding diaryl/α,β-unsaturated/α-hetero) is 1. The Balaban J connectivity index is 1.83. The lowest BCUT2D eigenvalue weighted by Gasteiger charge is -2.25. The molecule has 1 aromatic heterocycles. The number of carbonyl (C=O) groups excluding carboxylic acids is 2. The molecule has 0 radical (unpaired) electrons. The summed E-state index contributed by atoms with van der Waals surface area (Å²) in [5, 5.41) is 11.3. The second-order valence-electron chi connectivity index (χ2n) is 7.97. The van der Waals surface area contributed by atoms with E-state index >= 15 is 0 Å². The van der Waals surface area contributed by atoms with Crippen LogP contribution in [0.4, 0.5) is 0 Å². The standard InChI is InChI=1S/C27H26N2O5/c1-4-34-22-12-9-20(14-17(22)2)25(30)23-24(19-7-10-21(33-3)11-8-19)29(27(32)26(23)31)16-18-6-5-13-28-15-18/h5-15,24,30H,4,16H2,1-3H3/t24-/m1/s1. The van der Waals surface area contributed by atoms with E-state index in [1.807, 2.05) is 19.9 Å². The van der Waals surface area contributed by atoms with Gasteiger partial charge in [-0.3, -0.25) is 14.6 Å². The predicted molar refractivity (Wildman–Crippen MR) is 127 cm³/mol. The summed E-state index contributed by atoms with van der Waals surface area (Å²) in [5.41, 5.74) is 2.77. The van der Waals surface area contributed by atoms with E-state index in [9.17, 15) is 14.7 Å². The molecule has 0 unspecified atom stereocenters. The molecule has 1 N–H and O–H groups in total. The summed E-state index contributed by atoms with van der Waals surface area (Å²) >= 11 is 0. The van der Waals surface area contributed by atoms with E-state index in [-0.39, 0.29) is 17.9 Å². The average molecular weight is 459 g/mol. The number of hydrogen-bond acceptors (Lipinski definition) is 6. The highest BCUT2D eigenvalue weighted by Gasteiger charge is 2.46. The maximum Gasteiger partial charge on any atom is 0.295 e. The van der Waals surface area contributed by atoms with Crippen LogP contribution < -0.4 is 9.47 Å². The maximum absolute atomic E-state index is 13.2. The number of aliphatic hydroxyl groups excluding tert-OH is 1.